The molecule has 17 heavy (non-hydrogen) atoms. The van der Waals surface area contributed by atoms with E-state index in [2.05, 4.69) is 20.8 Å². The summed E-state index contributed by atoms with van der Waals surface area (Å²) >= 11 is 0. The summed E-state index contributed by atoms with van der Waals surface area (Å²) in [7, 11) is 0. The van der Waals surface area contributed by atoms with Crippen LogP contribution in [0.15, 0.2) is 0 Å². The van der Waals surface area contributed by atoms with Crippen molar-refractivity contribution in [3.05, 3.63) is 0 Å². The van der Waals surface area contributed by atoms with Crippen LogP contribution < -0.4 is 0 Å². The summed E-state index contributed by atoms with van der Waals surface area (Å²) in [4.78, 5) is 0. The minimum absolute atomic E-state index is 0.231. The molecule has 0 saturated carbocycles. The van der Waals surface area contributed by atoms with Gasteiger partial charge in [0.2, 0.25) is 0 Å². The van der Waals surface area contributed by atoms with Crippen molar-refractivity contribution in [2.75, 3.05) is 6.61 Å². The first-order valence-corrected chi connectivity index (χ1v) is 7.25. The zero-order chi connectivity index (χ0) is 13.3. The summed E-state index contributed by atoms with van der Waals surface area (Å²) in [6, 6.07) is 0. The second-order valence-electron chi connectivity index (χ2n) is 5.83. The number of ether oxygens (including phenoxy) is 1. The zero-order valence-electron chi connectivity index (χ0n) is 12.4. The van der Waals surface area contributed by atoms with Crippen molar-refractivity contribution in [1.29, 1.82) is 0 Å². The zero-order valence-corrected chi connectivity index (χ0v) is 12.4. The van der Waals surface area contributed by atoms with Crippen molar-refractivity contribution in [3.63, 3.8) is 0 Å². The predicted molar refractivity (Wildman–Crippen MR) is 74.2 cm³/mol. The van der Waals surface area contributed by atoms with Crippen LogP contribution in [0.4, 0.5) is 0 Å². The van der Waals surface area contributed by atoms with E-state index in [0.29, 0.717) is 5.92 Å². The molecule has 0 aromatic carbocycles. The third-order valence-electron chi connectivity index (χ3n) is 3.15. The summed E-state index contributed by atoms with van der Waals surface area (Å²) in [5.74, 6) is 1.51. The first-order chi connectivity index (χ1) is 7.95. The van der Waals surface area contributed by atoms with E-state index in [1.807, 2.05) is 13.8 Å². The number of aliphatic hydroxyl groups excluding tert-OH is 1. The summed E-state index contributed by atoms with van der Waals surface area (Å²) in [6.07, 6.45) is 5.73. The molecular formula is C15H32O2. The molecule has 0 saturated heterocycles. The highest BCUT2D eigenvalue weighted by Gasteiger charge is 2.15. The monoisotopic (exact) mass is 244 g/mol. The Labute approximate surface area is 108 Å². The van der Waals surface area contributed by atoms with E-state index >= 15 is 0 Å². The van der Waals surface area contributed by atoms with E-state index < -0.39 is 0 Å². The molecule has 104 valence electrons. The lowest BCUT2D eigenvalue weighted by molar-refractivity contribution is 0.0110. The first kappa shape index (κ1) is 16.9. The molecule has 0 aliphatic heterocycles. The molecule has 0 aromatic rings. The molecule has 0 amide bonds. The number of rotatable bonds is 10. The van der Waals surface area contributed by atoms with Gasteiger partial charge >= 0.3 is 0 Å². The van der Waals surface area contributed by atoms with Crippen LogP contribution in [-0.4, -0.2) is 23.9 Å². The minimum atomic E-state index is -0.255. The van der Waals surface area contributed by atoms with Gasteiger partial charge < -0.3 is 9.84 Å². The lowest BCUT2D eigenvalue weighted by atomic mass is 9.93. The van der Waals surface area contributed by atoms with Gasteiger partial charge in [-0.2, -0.15) is 0 Å². The quantitative estimate of drug-likeness (QED) is 0.629. The van der Waals surface area contributed by atoms with Crippen LogP contribution >= 0.6 is 0 Å². The van der Waals surface area contributed by atoms with Gasteiger partial charge in [-0.1, -0.05) is 40.0 Å². The lowest BCUT2D eigenvalue weighted by Crippen LogP contribution is -2.21. The van der Waals surface area contributed by atoms with Crippen molar-refractivity contribution in [1.82, 2.24) is 0 Å². The Balaban J connectivity index is 3.81. The Hall–Kier alpha value is -0.0800. The topological polar surface area (TPSA) is 29.5 Å². The second kappa shape index (κ2) is 9.90. The minimum Gasteiger partial charge on any atom is -0.393 e. The molecule has 3 unspecified atom stereocenters. The highest BCUT2D eigenvalue weighted by molar-refractivity contribution is 4.67. The molecule has 0 spiro atoms. The smallest absolute Gasteiger partial charge is 0.0602 e. The largest absolute Gasteiger partial charge is 0.393 e. The molecule has 0 heterocycles. The maximum Gasteiger partial charge on any atom is 0.0602 e. The van der Waals surface area contributed by atoms with Crippen LogP contribution in [0.3, 0.4) is 0 Å². The maximum atomic E-state index is 9.43. The SMILES string of the molecule is CCOC(CC(C)O)CC(C)CCCC(C)C. The van der Waals surface area contributed by atoms with Crippen LogP contribution in [0.5, 0.6) is 0 Å². The van der Waals surface area contributed by atoms with Crippen molar-refractivity contribution < 1.29 is 9.84 Å². The Morgan fingerprint density at radius 3 is 2.12 bits per heavy atom. The Kier molecular flexibility index (Phi) is 9.85. The molecule has 0 rings (SSSR count). The van der Waals surface area contributed by atoms with E-state index in [1.54, 1.807) is 0 Å². The van der Waals surface area contributed by atoms with Crippen LogP contribution in [0.2, 0.25) is 0 Å². The van der Waals surface area contributed by atoms with Crippen LogP contribution in [0, 0.1) is 11.8 Å². The van der Waals surface area contributed by atoms with Crippen molar-refractivity contribution in [3.8, 4) is 0 Å². The summed E-state index contributed by atoms with van der Waals surface area (Å²) in [5, 5.41) is 9.43. The van der Waals surface area contributed by atoms with Crippen LogP contribution in [0.1, 0.15) is 66.7 Å². The molecule has 3 atom stereocenters. The van der Waals surface area contributed by atoms with E-state index in [9.17, 15) is 5.11 Å². The molecular weight excluding hydrogens is 212 g/mol. The van der Waals surface area contributed by atoms with Crippen molar-refractivity contribution in [2.45, 2.75) is 78.9 Å². The van der Waals surface area contributed by atoms with E-state index in [-0.39, 0.29) is 12.2 Å². The van der Waals surface area contributed by atoms with Gasteiger partial charge in [0.15, 0.2) is 0 Å². The molecule has 2 nitrogen and oxygen atoms in total. The van der Waals surface area contributed by atoms with E-state index in [4.69, 9.17) is 4.74 Å². The van der Waals surface area contributed by atoms with E-state index in [1.165, 1.54) is 19.3 Å². The maximum absolute atomic E-state index is 9.43. The van der Waals surface area contributed by atoms with Crippen LogP contribution in [0.25, 0.3) is 0 Å². The molecule has 1 N–H and O–H groups in total. The Morgan fingerprint density at radius 2 is 1.65 bits per heavy atom. The van der Waals surface area contributed by atoms with E-state index in [0.717, 1.165) is 25.4 Å². The van der Waals surface area contributed by atoms with Gasteiger partial charge in [-0.3, -0.25) is 0 Å². The summed E-state index contributed by atoms with van der Waals surface area (Å²) in [5.41, 5.74) is 0. The van der Waals surface area contributed by atoms with Gasteiger partial charge in [0.1, 0.15) is 0 Å². The standard InChI is InChI=1S/C15H32O2/c1-6-17-15(11-14(5)16)10-13(4)9-7-8-12(2)3/h12-16H,6-11H2,1-5H3. The van der Waals surface area contributed by atoms with Gasteiger partial charge in [0, 0.05) is 6.61 Å². The molecule has 0 aliphatic rings. The van der Waals surface area contributed by atoms with Crippen molar-refractivity contribution >= 4 is 0 Å². The van der Waals surface area contributed by atoms with Gasteiger partial charge in [-0.25, -0.2) is 0 Å². The summed E-state index contributed by atoms with van der Waals surface area (Å²) < 4.78 is 5.69. The highest BCUT2D eigenvalue weighted by atomic mass is 16.5. The molecule has 0 bridgehead atoms. The third-order valence-corrected chi connectivity index (χ3v) is 3.15. The molecule has 0 aliphatic carbocycles. The fourth-order valence-corrected chi connectivity index (χ4v) is 2.29. The second-order valence-corrected chi connectivity index (χ2v) is 5.83. The predicted octanol–water partition coefficient (Wildman–Crippen LogP) is 4.01. The fraction of sp³-hybridized carbons (Fsp3) is 1.00. The highest BCUT2D eigenvalue weighted by Crippen LogP contribution is 2.20. The van der Waals surface area contributed by atoms with Crippen molar-refractivity contribution in [2.24, 2.45) is 11.8 Å². The van der Waals surface area contributed by atoms with Gasteiger partial charge in [-0.05, 0) is 38.5 Å². The Bertz CT molecular complexity index is 166. The molecule has 0 radical (unpaired) electrons. The molecule has 0 aromatic heterocycles. The molecule has 2 heteroatoms. The normalized spacial score (nSPS) is 17.1. The number of hydrogen-bond donors (Lipinski definition) is 1. The van der Waals surface area contributed by atoms with Crippen LogP contribution in [-0.2, 0) is 4.74 Å². The average Bonchev–Trinajstić information content (AvgIpc) is 2.15. The number of aliphatic hydroxyl groups is 1. The number of hydrogen-bond acceptors (Lipinski definition) is 2. The average molecular weight is 244 g/mol. The summed E-state index contributed by atoms with van der Waals surface area (Å²) in [6.45, 7) is 11.5. The Morgan fingerprint density at radius 1 is 1.00 bits per heavy atom. The van der Waals surface area contributed by atoms with Gasteiger partial charge in [0.05, 0.1) is 12.2 Å². The van der Waals surface area contributed by atoms with Gasteiger partial charge in [0.25, 0.3) is 0 Å². The first-order valence-electron chi connectivity index (χ1n) is 7.25. The molecule has 0 fully saturated rings. The fourth-order valence-electron chi connectivity index (χ4n) is 2.29. The third kappa shape index (κ3) is 10.8. The lowest BCUT2D eigenvalue weighted by Gasteiger charge is -2.22. The van der Waals surface area contributed by atoms with Gasteiger partial charge in [-0.15, -0.1) is 0 Å².